The average Bonchev–Trinajstić information content (AvgIpc) is 2.86. The summed E-state index contributed by atoms with van der Waals surface area (Å²) in [4.78, 5) is 12.7. The van der Waals surface area contributed by atoms with E-state index in [1.165, 1.54) is 0 Å². The van der Waals surface area contributed by atoms with Crippen LogP contribution in [0.2, 0.25) is 0 Å². The summed E-state index contributed by atoms with van der Waals surface area (Å²) in [6.07, 6.45) is 0.707. The molecule has 0 unspecified atom stereocenters. The van der Waals surface area contributed by atoms with Crippen LogP contribution >= 0.6 is 0 Å². The Morgan fingerprint density at radius 2 is 1.96 bits per heavy atom. The van der Waals surface area contributed by atoms with Crippen LogP contribution in [0.3, 0.4) is 0 Å². The maximum Gasteiger partial charge on any atom is 0.333 e. The predicted octanol–water partition coefficient (Wildman–Crippen LogP) is 2.33. The zero-order valence-corrected chi connectivity index (χ0v) is 14.6. The second-order valence-corrected chi connectivity index (χ2v) is 5.50. The Morgan fingerprint density at radius 3 is 2.54 bits per heavy atom. The van der Waals surface area contributed by atoms with Gasteiger partial charge < -0.3 is 14.4 Å². The fourth-order valence-corrected chi connectivity index (χ4v) is 2.72. The summed E-state index contributed by atoms with van der Waals surface area (Å²) in [5, 5.41) is 15.4. The van der Waals surface area contributed by atoms with E-state index in [0.717, 1.165) is 5.56 Å². The van der Waals surface area contributed by atoms with Gasteiger partial charge in [-0.2, -0.15) is 5.10 Å². The van der Waals surface area contributed by atoms with Gasteiger partial charge in [-0.3, -0.25) is 10.1 Å². The van der Waals surface area contributed by atoms with Crippen molar-refractivity contribution < 1.29 is 14.4 Å². The number of nitro groups is 1. The van der Waals surface area contributed by atoms with E-state index in [4.69, 9.17) is 9.47 Å². The highest BCUT2D eigenvalue weighted by Crippen LogP contribution is 2.31. The molecule has 0 saturated heterocycles. The molecular weight excluding hydrogens is 312 g/mol. The summed E-state index contributed by atoms with van der Waals surface area (Å²) in [6.45, 7) is 2.25. The molecule has 24 heavy (non-hydrogen) atoms. The molecule has 0 bridgehead atoms. The summed E-state index contributed by atoms with van der Waals surface area (Å²) < 4.78 is 12.1. The van der Waals surface area contributed by atoms with Crippen molar-refractivity contribution >= 4 is 11.5 Å². The molecule has 1 aromatic heterocycles. The van der Waals surface area contributed by atoms with Crippen LogP contribution in [0, 0.1) is 17.0 Å². The van der Waals surface area contributed by atoms with Crippen LogP contribution in [0.4, 0.5) is 11.5 Å². The molecule has 130 valence electrons. The Balaban J connectivity index is 2.17. The molecule has 0 aliphatic carbocycles. The Morgan fingerprint density at radius 1 is 1.29 bits per heavy atom. The number of ether oxygens (including phenoxy) is 2. The lowest BCUT2D eigenvalue weighted by molar-refractivity contribution is -0.384. The van der Waals surface area contributed by atoms with Gasteiger partial charge in [0.05, 0.1) is 19.1 Å². The summed E-state index contributed by atoms with van der Waals surface area (Å²) in [5.74, 6) is 1.84. The van der Waals surface area contributed by atoms with E-state index in [1.54, 1.807) is 32.9 Å². The van der Waals surface area contributed by atoms with Crippen molar-refractivity contribution in [3.63, 3.8) is 0 Å². The van der Waals surface area contributed by atoms with Crippen LogP contribution in [0.25, 0.3) is 0 Å². The van der Waals surface area contributed by atoms with Gasteiger partial charge in [0.15, 0.2) is 11.5 Å². The maximum absolute atomic E-state index is 11.3. The number of likely N-dealkylation sites (N-methyl/N-ethyl adjacent to an activating group) is 1. The van der Waals surface area contributed by atoms with Gasteiger partial charge in [-0.25, -0.2) is 4.68 Å². The van der Waals surface area contributed by atoms with Crippen molar-refractivity contribution in [1.29, 1.82) is 0 Å². The van der Waals surface area contributed by atoms with Crippen LogP contribution in [-0.2, 0) is 13.5 Å². The van der Waals surface area contributed by atoms with Gasteiger partial charge in [0.1, 0.15) is 5.69 Å². The summed E-state index contributed by atoms with van der Waals surface area (Å²) in [7, 11) is 6.72. The number of aryl methyl sites for hydroxylation is 2. The number of methoxy groups -OCH3 is 2. The fraction of sp³-hybridized carbons (Fsp3) is 0.438. The first-order valence-corrected chi connectivity index (χ1v) is 7.49. The molecule has 8 nitrogen and oxygen atoms in total. The smallest absolute Gasteiger partial charge is 0.333 e. The Bertz CT molecular complexity index is 742. The Labute approximate surface area is 140 Å². The predicted molar refractivity (Wildman–Crippen MR) is 91.1 cm³/mol. The van der Waals surface area contributed by atoms with Crippen LogP contribution in [-0.4, -0.2) is 42.5 Å². The zero-order valence-electron chi connectivity index (χ0n) is 14.6. The molecule has 1 aromatic carbocycles. The lowest BCUT2D eigenvalue weighted by atomic mass is 10.1. The molecule has 1 heterocycles. The number of anilines is 1. The minimum atomic E-state index is -0.384. The number of benzene rings is 1. The molecule has 8 heteroatoms. The molecule has 0 aliphatic heterocycles. The third-order valence-corrected chi connectivity index (χ3v) is 3.89. The molecule has 2 aromatic rings. The standard InChI is InChI=1S/C16H22N4O4/c1-11-15(20(21)22)16(19(3)17-11)18(2)9-8-12-6-7-13(23-4)14(10-12)24-5/h6-7,10H,8-9H2,1-5H3. The SMILES string of the molecule is COc1ccc(CCN(C)c2c([N+](=O)[O-])c(C)nn2C)cc1OC. The molecule has 0 aliphatic rings. The van der Waals surface area contributed by atoms with Gasteiger partial charge in [0.25, 0.3) is 0 Å². The lowest BCUT2D eigenvalue weighted by Gasteiger charge is -2.18. The van der Waals surface area contributed by atoms with E-state index >= 15 is 0 Å². The van der Waals surface area contributed by atoms with Gasteiger partial charge in [-0.15, -0.1) is 0 Å². The number of rotatable bonds is 7. The fourth-order valence-electron chi connectivity index (χ4n) is 2.72. The molecule has 0 amide bonds. The third kappa shape index (κ3) is 3.42. The molecule has 0 fully saturated rings. The van der Waals surface area contributed by atoms with Gasteiger partial charge in [0, 0.05) is 20.6 Å². The maximum atomic E-state index is 11.3. The minimum Gasteiger partial charge on any atom is -0.493 e. The van der Waals surface area contributed by atoms with Crippen LogP contribution in [0.1, 0.15) is 11.3 Å². The van der Waals surface area contributed by atoms with Gasteiger partial charge >= 0.3 is 5.69 Å². The Kier molecular flexibility index (Phi) is 5.28. The molecule has 0 N–H and O–H groups in total. The monoisotopic (exact) mass is 334 g/mol. The first-order chi connectivity index (χ1) is 11.4. The second-order valence-electron chi connectivity index (χ2n) is 5.50. The van der Waals surface area contributed by atoms with Crippen molar-refractivity contribution in [3.8, 4) is 11.5 Å². The first kappa shape index (κ1) is 17.6. The van der Waals surface area contributed by atoms with Crippen LogP contribution in [0.15, 0.2) is 18.2 Å². The van der Waals surface area contributed by atoms with E-state index < -0.39 is 0 Å². The van der Waals surface area contributed by atoms with E-state index in [2.05, 4.69) is 5.10 Å². The first-order valence-electron chi connectivity index (χ1n) is 7.49. The van der Waals surface area contributed by atoms with Gasteiger partial charge in [0.2, 0.25) is 5.82 Å². The van der Waals surface area contributed by atoms with Crippen molar-refractivity contribution in [1.82, 2.24) is 9.78 Å². The topological polar surface area (TPSA) is 82.7 Å². The van der Waals surface area contributed by atoms with E-state index in [9.17, 15) is 10.1 Å². The average molecular weight is 334 g/mol. The molecule has 2 rings (SSSR count). The van der Waals surface area contributed by atoms with E-state index in [-0.39, 0.29) is 10.6 Å². The summed E-state index contributed by atoms with van der Waals surface area (Å²) in [6, 6.07) is 5.72. The summed E-state index contributed by atoms with van der Waals surface area (Å²) >= 11 is 0. The quantitative estimate of drug-likeness (QED) is 0.571. The van der Waals surface area contributed by atoms with Crippen molar-refractivity contribution in [2.24, 2.45) is 7.05 Å². The summed E-state index contributed by atoms with van der Waals surface area (Å²) in [5.41, 5.74) is 1.52. The van der Waals surface area contributed by atoms with Crippen molar-refractivity contribution in [3.05, 3.63) is 39.6 Å². The lowest BCUT2D eigenvalue weighted by Crippen LogP contribution is -2.23. The molecular formula is C16H22N4O4. The van der Waals surface area contributed by atoms with Crippen LogP contribution < -0.4 is 14.4 Å². The zero-order chi connectivity index (χ0) is 17.9. The minimum absolute atomic E-state index is 0.0484. The van der Waals surface area contributed by atoms with Crippen molar-refractivity contribution in [2.75, 3.05) is 32.7 Å². The number of hydrogen-bond donors (Lipinski definition) is 0. The highest BCUT2D eigenvalue weighted by Gasteiger charge is 2.26. The molecule has 0 saturated carbocycles. The Hall–Kier alpha value is -2.77. The molecule has 0 atom stereocenters. The van der Waals surface area contributed by atoms with Gasteiger partial charge in [-0.1, -0.05) is 6.07 Å². The van der Waals surface area contributed by atoms with Gasteiger partial charge in [-0.05, 0) is 31.0 Å². The second kappa shape index (κ2) is 7.20. The van der Waals surface area contributed by atoms with Crippen molar-refractivity contribution in [2.45, 2.75) is 13.3 Å². The normalized spacial score (nSPS) is 10.5. The molecule has 0 radical (unpaired) electrons. The molecule has 0 spiro atoms. The largest absolute Gasteiger partial charge is 0.493 e. The van der Waals surface area contributed by atoms with Crippen LogP contribution in [0.5, 0.6) is 11.5 Å². The highest BCUT2D eigenvalue weighted by molar-refractivity contribution is 5.60. The third-order valence-electron chi connectivity index (χ3n) is 3.89. The van der Waals surface area contributed by atoms with E-state index in [1.807, 2.05) is 30.1 Å². The number of hydrogen-bond acceptors (Lipinski definition) is 6. The number of aromatic nitrogens is 2. The van der Waals surface area contributed by atoms with E-state index in [0.29, 0.717) is 36.0 Å². The number of nitrogens with zero attached hydrogens (tertiary/aromatic N) is 4. The highest BCUT2D eigenvalue weighted by atomic mass is 16.6.